The van der Waals surface area contributed by atoms with E-state index in [1.807, 2.05) is 6.92 Å². The number of alkyl carbamates (subject to hydrolysis) is 2. The number of nitrogens with one attached hydrogen (secondary N) is 3. The minimum absolute atomic E-state index is 0.105. The Bertz CT molecular complexity index is 534. The second-order valence-electron chi connectivity index (χ2n) is 7.12. The lowest BCUT2D eigenvalue weighted by molar-refractivity contribution is -0.139. The molecule has 0 heterocycles. The predicted octanol–water partition coefficient (Wildman–Crippen LogP) is 1.01. The summed E-state index contributed by atoms with van der Waals surface area (Å²) in [6, 6.07) is -1.25. The zero-order chi connectivity index (χ0) is 22.3. The maximum Gasteiger partial charge on any atom is 0.407 e. The molecular formula is C18H33N3O8. The molecule has 4 N–H and O–H groups in total. The molecule has 0 aromatic carbocycles. The number of ether oxygens (including phenoxy) is 3. The fraction of sp³-hybridized carbons (Fsp3) is 0.778. The largest absolute Gasteiger partial charge is 0.481 e. The van der Waals surface area contributed by atoms with E-state index in [1.165, 1.54) is 0 Å². The van der Waals surface area contributed by atoms with E-state index in [0.29, 0.717) is 6.42 Å². The molecule has 3 amide bonds. The van der Waals surface area contributed by atoms with Gasteiger partial charge in [-0.05, 0) is 27.2 Å². The summed E-state index contributed by atoms with van der Waals surface area (Å²) in [4.78, 5) is 46.0. The van der Waals surface area contributed by atoms with Gasteiger partial charge in [0.05, 0.1) is 26.2 Å². The van der Waals surface area contributed by atoms with E-state index in [9.17, 15) is 19.2 Å². The van der Waals surface area contributed by atoms with Gasteiger partial charge in [-0.3, -0.25) is 9.59 Å². The van der Waals surface area contributed by atoms with Gasteiger partial charge in [-0.25, -0.2) is 9.59 Å². The van der Waals surface area contributed by atoms with Crippen LogP contribution in [0.4, 0.5) is 9.59 Å². The summed E-state index contributed by atoms with van der Waals surface area (Å²) in [6.45, 7) is 8.06. The molecule has 0 fully saturated rings. The molecule has 0 aliphatic heterocycles. The van der Waals surface area contributed by atoms with Gasteiger partial charge in [-0.1, -0.05) is 13.3 Å². The van der Waals surface area contributed by atoms with E-state index >= 15 is 0 Å². The molecule has 0 radical (unpaired) electrons. The van der Waals surface area contributed by atoms with Gasteiger partial charge in [0, 0.05) is 13.1 Å². The average Bonchev–Trinajstić information content (AvgIpc) is 2.58. The van der Waals surface area contributed by atoms with Gasteiger partial charge in [-0.15, -0.1) is 0 Å². The zero-order valence-corrected chi connectivity index (χ0v) is 17.5. The number of carbonyl (C=O) groups is 4. The molecule has 0 saturated heterocycles. The first-order valence-corrected chi connectivity index (χ1v) is 9.52. The van der Waals surface area contributed by atoms with E-state index in [0.717, 1.165) is 6.42 Å². The zero-order valence-electron chi connectivity index (χ0n) is 17.5. The topological polar surface area (TPSA) is 152 Å². The van der Waals surface area contributed by atoms with Crippen LogP contribution >= 0.6 is 0 Å². The van der Waals surface area contributed by atoms with Crippen LogP contribution in [0, 0.1) is 0 Å². The summed E-state index contributed by atoms with van der Waals surface area (Å²) < 4.78 is 15.2. The SMILES string of the molecule is CCCCOC(=O)N[C@@H](CC(=O)O)C(=O)NCCOCCNC(=O)OC(C)(C)C. The smallest absolute Gasteiger partial charge is 0.407 e. The summed E-state index contributed by atoms with van der Waals surface area (Å²) >= 11 is 0. The van der Waals surface area contributed by atoms with Crippen molar-refractivity contribution < 1.29 is 38.5 Å². The van der Waals surface area contributed by atoms with Crippen LogP contribution in [-0.2, 0) is 23.8 Å². The lowest BCUT2D eigenvalue weighted by Gasteiger charge is -2.19. The van der Waals surface area contributed by atoms with E-state index < -0.39 is 42.1 Å². The van der Waals surface area contributed by atoms with Gasteiger partial charge in [-0.2, -0.15) is 0 Å². The van der Waals surface area contributed by atoms with Crippen LogP contribution in [-0.4, -0.2) is 73.7 Å². The monoisotopic (exact) mass is 419 g/mol. The molecule has 0 aliphatic carbocycles. The van der Waals surface area contributed by atoms with Crippen molar-refractivity contribution in [1.29, 1.82) is 0 Å². The lowest BCUT2D eigenvalue weighted by atomic mass is 10.2. The van der Waals surface area contributed by atoms with Crippen molar-refractivity contribution in [2.24, 2.45) is 0 Å². The molecule has 11 nitrogen and oxygen atoms in total. The highest BCUT2D eigenvalue weighted by Crippen LogP contribution is 2.06. The maximum absolute atomic E-state index is 12.1. The van der Waals surface area contributed by atoms with Crippen molar-refractivity contribution in [3.63, 3.8) is 0 Å². The van der Waals surface area contributed by atoms with Crippen molar-refractivity contribution in [1.82, 2.24) is 16.0 Å². The van der Waals surface area contributed by atoms with E-state index in [2.05, 4.69) is 16.0 Å². The van der Waals surface area contributed by atoms with Crippen LogP contribution in [0.5, 0.6) is 0 Å². The minimum Gasteiger partial charge on any atom is -0.481 e. The Labute approximate surface area is 170 Å². The number of amides is 3. The predicted molar refractivity (Wildman–Crippen MR) is 103 cm³/mol. The number of hydrogen-bond donors (Lipinski definition) is 4. The summed E-state index contributed by atoms with van der Waals surface area (Å²) in [5.74, 6) is -1.89. The molecular weight excluding hydrogens is 386 g/mol. The van der Waals surface area contributed by atoms with E-state index in [4.69, 9.17) is 19.3 Å². The van der Waals surface area contributed by atoms with Crippen molar-refractivity contribution in [2.75, 3.05) is 32.9 Å². The normalized spacial score (nSPS) is 11.9. The van der Waals surface area contributed by atoms with Gasteiger partial charge in [0.15, 0.2) is 0 Å². The molecule has 0 rings (SSSR count). The first-order chi connectivity index (χ1) is 13.5. The second kappa shape index (κ2) is 14.4. The highest BCUT2D eigenvalue weighted by Gasteiger charge is 2.24. The van der Waals surface area contributed by atoms with Crippen molar-refractivity contribution in [3.8, 4) is 0 Å². The molecule has 168 valence electrons. The van der Waals surface area contributed by atoms with Crippen LogP contribution in [0.15, 0.2) is 0 Å². The third-order valence-corrected chi connectivity index (χ3v) is 3.18. The molecule has 0 saturated carbocycles. The first kappa shape index (κ1) is 26.4. The van der Waals surface area contributed by atoms with E-state index in [-0.39, 0.29) is 32.9 Å². The molecule has 0 spiro atoms. The fourth-order valence-corrected chi connectivity index (χ4v) is 1.89. The first-order valence-electron chi connectivity index (χ1n) is 9.52. The molecule has 0 aromatic rings. The van der Waals surface area contributed by atoms with Crippen molar-refractivity contribution in [2.45, 2.75) is 58.6 Å². The quantitative estimate of drug-likeness (QED) is 0.323. The number of carboxylic acid groups (broad SMARTS) is 1. The third-order valence-electron chi connectivity index (χ3n) is 3.18. The molecule has 0 aromatic heterocycles. The van der Waals surface area contributed by atoms with Gasteiger partial charge < -0.3 is 35.3 Å². The minimum atomic E-state index is -1.25. The number of unbranched alkanes of at least 4 members (excludes halogenated alkanes) is 1. The Morgan fingerprint density at radius 2 is 1.59 bits per heavy atom. The Hall–Kier alpha value is -2.56. The van der Waals surface area contributed by atoms with Gasteiger partial charge in [0.2, 0.25) is 5.91 Å². The van der Waals surface area contributed by atoms with Crippen LogP contribution in [0.25, 0.3) is 0 Å². The Kier molecular flexibility index (Phi) is 13.2. The molecule has 0 bridgehead atoms. The van der Waals surface area contributed by atoms with Crippen LogP contribution in [0.3, 0.4) is 0 Å². The van der Waals surface area contributed by atoms with Gasteiger partial charge >= 0.3 is 18.2 Å². The summed E-state index contributed by atoms with van der Waals surface area (Å²) in [5.41, 5.74) is -0.585. The summed E-state index contributed by atoms with van der Waals surface area (Å²) in [7, 11) is 0. The standard InChI is InChI=1S/C18H33N3O8/c1-5-6-9-28-17(26)21-13(12-14(22)23)15(24)19-7-10-27-11-8-20-16(25)29-18(2,3)4/h13H,5-12H2,1-4H3,(H,19,24)(H,20,25)(H,21,26)(H,22,23)/t13-/m0/s1. The Balaban J connectivity index is 4.08. The van der Waals surface area contributed by atoms with Crippen molar-refractivity contribution in [3.05, 3.63) is 0 Å². The molecule has 0 aliphatic rings. The summed E-state index contributed by atoms with van der Waals surface area (Å²) in [5, 5.41) is 16.1. The number of rotatable bonds is 13. The second-order valence-corrected chi connectivity index (χ2v) is 7.12. The summed E-state index contributed by atoms with van der Waals surface area (Å²) in [6.07, 6.45) is -0.467. The van der Waals surface area contributed by atoms with Crippen molar-refractivity contribution >= 4 is 24.1 Å². The van der Waals surface area contributed by atoms with E-state index in [1.54, 1.807) is 20.8 Å². The molecule has 11 heteroatoms. The highest BCUT2D eigenvalue weighted by molar-refractivity contribution is 5.89. The fourth-order valence-electron chi connectivity index (χ4n) is 1.89. The Morgan fingerprint density at radius 1 is 0.966 bits per heavy atom. The Morgan fingerprint density at radius 3 is 2.14 bits per heavy atom. The average molecular weight is 419 g/mol. The van der Waals surface area contributed by atoms with Crippen LogP contribution in [0.1, 0.15) is 47.0 Å². The molecule has 1 atom stereocenters. The number of carboxylic acids is 1. The van der Waals surface area contributed by atoms with Gasteiger partial charge in [0.25, 0.3) is 0 Å². The van der Waals surface area contributed by atoms with Gasteiger partial charge in [0.1, 0.15) is 11.6 Å². The number of carbonyl (C=O) groups excluding carboxylic acids is 3. The highest BCUT2D eigenvalue weighted by atomic mass is 16.6. The lowest BCUT2D eigenvalue weighted by Crippen LogP contribution is -2.48. The number of hydrogen-bond acceptors (Lipinski definition) is 7. The maximum atomic E-state index is 12.1. The number of aliphatic carboxylic acids is 1. The third kappa shape index (κ3) is 16.1. The molecule has 29 heavy (non-hydrogen) atoms. The molecule has 0 unspecified atom stereocenters. The van der Waals surface area contributed by atoms with Crippen LogP contribution in [0.2, 0.25) is 0 Å². The van der Waals surface area contributed by atoms with Crippen LogP contribution < -0.4 is 16.0 Å².